The molecule has 4 nitrogen and oxygen atoms in total. The number of aromatic amines is 1. The highest BCUT2D eigenvalue weighted by atomic mass is 19.4. The van der Waals surface area contributed by atoms with Gasteiger partial charge in [0.1, 0.15) is 0 Å². The molecule has 0 saturated carbocycles. The number of benzene rings is 1. The minimum absolute atomic E-state index is 0.217. The highest BCUT2D eigenvalue weighted by molar-refractivity contribution is 5.81. The predicted molar refractivity (Wildman–Crippen MR) is 75.2 cm³/mol. The summed E-state index contributed by atoms with van der Waals surface area (Å²) in [6, 6.07) is 6.14. The monoisotopic (exact) mass is 298 g/mol. The van der Waals surface area contributed by atoms with Crippen LogP contribution in [-0.2, 0) is 0 Å². The van der Waals surface area contributed by atoms with E-state index in [9.17, 15) is 13.2 Å². The number of halogens is 3. The summed E-state index contributed by atoms with van der Waals surface area (Å²) in [5.41, 5.74) is 1.93. The maximum absolute atomic E-state index is 12.3. The summed E-state index contributed by atoms with van der Waals surface area (Å²) in [6.45, 7) is 0.146. The number of alkyl halides is 3. The van der Waals surface area contributed by atoms with Crippen molar-refractivity contribution in [1.29, 1.82) is 0 Å². The quantitative estimate of drug-likeness (QED) is 0.915. The van der Waals surface area contributed by atoms with E-state index in [1.807, 2.05) is 18.2 Å². The normalized spacial score (nSPS) is 18.2. The van der Waals surface area contributed by atoms with Crippen molar-refractivity contribution < 1.29 is 13.2 Å². The highest BCUT2D eigenvalue weighted by Crippen LogP contribution is 2.23. The zero-order valence-corrected chi connectivity index (χ0v) is 11.5. The number of anilines is 1. The number of H-pyrrole nitrogens is 1. The molecule has 2 N–H and O–H groups in total. The standard InChI is InChI=1S/C14H17F3N4/c15-14(16,17)9-21-5-3-11(4-6-21)19-12-2-1-10-8-18-20-13(10)7-12/h1-2,7-8,11,19H,3-6,9H2,(H,18,20). The largest absolute Gasteiger partial charge is 0.401 e. The zero-order valence-electron chi connectivity index (χ0n) is 11.5. The van der Waals surface area contributed by atoms with Gasteiger partial charge in [0.2, 0.25) is 0 Å². The van der Waals surface area contributed by atoms with Crippen LogP contribution in [0.5, 0.6) is 0 Å². The number of nitrogens with zero attached hydrogens (tertiary/aromatic N) is 2. The second-order valence-corrected chi connectivity index (χ2v) is 5.48. The Morgan fingerprint density at radius 3 is 2.76 bits per heavy atom. The van der Waals surface area contributed by atoms with Crippen molar-refractivity contribution in [2.45, 2.75) is 25.1 Å². The van der Waals surface area contributed by atoms with Crippen LogP contribution in [0.4, 0.5) is 18.9 Å². The molecule has 1 aliphatic heterocycles. The Bertz CT molecular complexity index is 600. The summed E-state index contributed by atoms with van der Waals surface area (Å²) >= 11 is 0. The summed E-state index contributed by atoms with van der Waals surface area (Å²) in [7, 11) is 0. The lowest BCUT2D eigenvalue weighted by Gasteiger charge is -2.33. The van der Waals surface area contributed by atoms with Crippen molar-refractivity contribution in [2.24, 2.45) is 0 Å². The van der Waals surface area contributed by atoms with Gasteiger partial charge < -0.3 is 5.32 Å². The van der Waals surface area contributed by atoms with Gasteiger partial charge in [-0.2, -0.15) is 18.3 Å². The maximum Gasteiger partial charge on any atom is 0.401 e. The molecule has 0 amide bonds. The van der Waals surface area contributed by atoms with Crippen LogP contribution in [0.1, 0.15) is 12.8 Å². The van der Waals surface area contributed by atoms with E-state index in [1.165, 1.54) is 4.90 Å². The summed E-state index contributed by atoms with van der Waals surface area (Å²) in [5, 5.41) is 11.3. The van der Waals surface area contributed by atoms with Crippen LogP contribution < -0.4 is 5.32 Å². The number of rotatable bonds is 3. The van der Waals surface area contributed by atoms with E-state index in [4.69, 9.17) is 0 Å². The smallest absolute Gasteiger partial charge is 0.382 e. The fourth-order valence-electron chi connectivity index (χ4n) is 2.75. The van der Waals surface area contributed by atoms with Crippen molar-refractivity contribution >= 4 is 16.6 Å². The minimum atomic E-state index is -4.11. The summed E-state index contributed by atoms with van der Waals surface area (Å²) < 4.78 is 37.0. The van der Waals surface area contributed by atoms with Crippen molar-refractivity contribution in [1.82, 2.24) is 15.1 Å². The van der Waals surface area contributed by atoms with Crippen molar-refractivity contribution in [3.63, 3.8) is 0 Å². The SMILES string of the molecule is FC(F)(F)CN1CCC(Nc2ccc3cn[nH]c3c2)CC1. The van der Waals surface area contributed by atoms with Gasteiger partial charge in [0.15, 0.2) is 0 Å². The second kappa shape index (κ2) is 5.55. The van der Waals surface area contributed by atoms with E-state index in [0.29, 0.717) is 13.1 Å². The van der Waals surface area contributed by atoms with Crippen molar-refractivity contribution in [2.75, 3.05) is 25.0 Å². The molecule has 0 unspecified atom stereocenters. The van der Waals surface area contributed by atoms with Gasteiger partial charge >= 0.3 is 6.18 Å². The Kier molecular flexibility index (Phi) is 3.75. The Morgan fingerprint density at radius 1 is 1.29 bits per heavy atom. The van der Waals surface area contributed by atoms with Crippen LogP contribution in [0, 0.1) is 0 Å². The molecule has 2 aromatic rings. The first kappa shape index (κ1) is 14.2. The molecule has 1 aromatic carbocycles. The molecule has 0 spiro atoms. The van der Waals surface area contributed by atoms with E-state index in [0.717, 1.165) is 29.4 Å². The third kappa shape index (κ3) is 3.66. The van der Waals surface area contributed by atoms with Gasteiger partial charge in [0.05, 0.1) is 18.3 Å². The predicted octanol–water partition coefficient (Wildman–Crippen LogP) is 3.00. The number of nitrogens with one attached hydrogen (secondary N) is 2. The van der Waals surface area contributed by atoms with Gasteiger partial charge in [-0.25, -0.2) is 0 Å². The molecule has 3 rings (SSSR count). The number of fused-ring (bicyclic) bond motifs is 1. The Hall–Kier alpha value is -1.76. The molecule has 0 aliphatic carbocycles. The number of piperidine rings is 1. The molecule has 0 bridgehead atoms. The minimum Gasteiger partial charge on any atom is -0.382 e. The van der Waals surface area contributed by atoms with Gasteiger partial charge in [0, 0.05) is 30.2 Å². The molecule has 1 aliphatic rings. The number of aromatic nitrogens is 2. The average Bonchev–Trinajstić information content (AvgIpc) is 2.87. The van der Waals surface area contributed by atoms with Crippen molar-refractivity contribution in [3.8, 4) is 0 Å². The molecule has 1 saturated heterocycles. The van der Waals surface area contributed by atoms with Crippen LogP contribution in [-0.4, -0.2) is 46.9 Å². The van der Waals surface area contributed by atoms with Crippen LogP contribution in [0.15, 0.2) is 24.4 Å². The first-order valence-electron chi connectivity index (χ1n) is 6.98. The summed E-state index contributed by atoms with van der Waals surface area (Å²) in [4.78, 5) is 1.47. The molecule has 7 heteroatoms. The van der Waals surface area contributed by atoms with E-state index in [2.05, 4.69) is 15.5 Å². The Morgan fingerprint density at radius 2 is 2.05 bits per heavy atom. The number of likely N-dealkylation sites (tertiary alicyclic amines) is 1. The first-order valence-corrected chi connectivity index (χ1v) is 6.98. The van der Waals surface area contributed by atoms with E-state index < -0.39 is 12.7 Å². The fraction of sp³-hybridized carbons (Fsp3) is 0.500. The fourth-order valence-corrected chi connectivity index (χ4v) is 2.75. The summed E-state index contributed by atoms with van der Waals surface area (Å²) in [6.07, 6.45) is -0.908. The van der Waals surface area contributed by atoms with Gasteiger partial charge in [-0.05, 0) is 31.0 Å². The lowest BCUT2D eigenvalue weighted by molar-refractivity contribution is -0.147. The van der Waals surface area contributed by atoms with E-state index >= 15 is 0 Å². The van der Waals surface area contributed by atoms with Gasteiger partial charge in [-0.15, -0.1) is 0 Å². The molecule has 0 atom stereocenters. The van der Waals surface area contributed by atoms with Gasteiger partial charge in [-0.1, -0.05) is 0 Å². The molecule has 1 fully saturated rings. The number of hydrogen-bond acceptors (Lipinski definition) is 3. The Labute approximate surface area is 120 Å². The number of hydrogen-bond donors (Lipinski definition) is 2. The lowest BCUT2D eigenvalue weighted by Crippen LogP contribution is -2.43. The second-order valence-electron chi connectivity index (χ2n) is 5.48. The topological polar surface area (TPSA) is 44.0 Å². The molecular formula is C14H17F3N4. The molecular weight excluding hydrogens is 281 g/mol. The third-order valence-corrected chi connectivity index (χ3v) is 3.80. The molecule has 2 heterocycles. The van der Waals surface area contributed by atoms with Crippen LogP contribution in [0.3, 0.4) is 0 Å². The summed E-state index contributed by atoms with van der Waals surface area (Å²) in [5.74, 6) is 0. The zero-order chi connectivity index (χ0) is 14.9. The average molecular weight is 298 g/mol. The van der Waals surface area contributed by atoms with Gasteiger partial charge in [-0.3, -0.25) is 10.00 Å². The highest BCUT2D eigenvalue weighted by Gasteiger charge is 2.32. The van der Waals surface area contributed by atoms with Gasteiger partial charge in [0.25, 0.3) is 0 Å². The Balaban J connectivity index is 1.55. The van der Waals surface area contributed by atoms with Crippen LogP contribution in [0.25, 0.3) is 10.9 Å². The maximum atomic E-state index is 12.3. The van der Waals surface area contributed by atoms with Crippen LogP contribution >= 0.6 is 0 Å². The van der Waals surface area contributed by atoms with E-state index in [1.54, 1.807) is 6.20 Å². The van der Waals surface area contributed by atoms with Crippen molar-refractivity contribution in [3.05, 3.63) is 24.4 Å². The third-order valence-electron chi connectivity index (χ3n) is 3.80. The lowest BCUT2D eigenvalue weighted by atomic mass is 10.0. The molecule has 21 heavy (non-hydrogen) atoms. The van der Waals surface area contributed by atoms with Crippen LogP contribution in [0.2, 0.25) is 0 Å². The first-order chi connectivity index (χ1) is 9.99. The molecule has 114 valence electrons. The molecule has 1 aromatic heterocycles. The molecule has 0 radical (unpaired) electrons. The van der Waals surface area contributed by atoms with E-state index in [-0.39, 0.29) is 6.04 Å².